The van der Waals surface area contributed by atoms with E-state index >= 15 is 0 Å². The van der Waals surface area contributed by atoms with Crippen LogP contribution in [0, 0.1) is 11.6 Å². The van der Waals surface area contributed by atoms with E-state index in [1.807, 2.05) is 0 Å². The van der Waals surface area contributed by atoms with Crippen LogP contribution in [0.3, 0.4) is 0 Å². The molecule has 0 aliphatic carbocycles. The number of rotatable bonds is 6. The highest BCUT2D eigenvalue weighted by Gasteiger charge is 2.32. The number of halogens is 5. The number of aromatic nitrogens is 2. The summed E-state index contributed by atoms with van der Waals surface area (Å²) in [6.07, 6.45) is -3.09. The average Bonchev–Trinajstić information content (AvgIpc) is 3.07. The molecule has 4 rings (SSSR count). The number of pyridine rings is 1. The lowest BCUT2D eigenvalue weighted by atomic mass is 10.0. The van der Waals surface area contributed by atoms with Gasteiger partial charge in [0.1, 0.15) is 23.1 Å². The van der Waals surface area contributed by atoms with Crippen molar-refractivity contribution in [2.75, 3.05) is 6.26 Å². The van der Waals surface area contributed by atoms with Gasteiger partial charge < -0.3 is 14.3 Å². The number of nitrogens with one attached hydrogen (secondary N) is 2. The molecule has 8 nitrogen and oxygen atoms in total. The van der Waals surface area contributed by atoms with Crippen molar-refractivity contribution in [3.63, 3.8) is 0 Å². The number of amides is 1. The van der Waals surface area contributed by atoms with Gasteiger partial charge in [-0.3, -0.25) is 9.59 Å². The molecule has 194 valence electrons. The molecule has 0 saturated heterocycles. The summed E-state index contributed by atoms with van der Waals surface area (Å²) in [6.45, 7) is -0.473. The number of nitrogens with zero attached hydrogens (tertiary/aromatic N) is 1. The number of hydrogen-bond donors (Lipinski definition) is 2. The first-order valence-electron chi connectivity index (χ1n) is 10.3. The molecule has 4 aromatic rings. The van der Waals surface area contributed by atoms with E-state index in [2.05, 4.69) is 9.72 Å². The van der Waals surface area contributed by atoms with Crippen LogP contribution in [0.2, 0.25) is 0 Å². The summed E-state index contributed by atoms with van der Waals surface area (Å²) in [6, 6.07) is 8.27. The molecule has 1 amide bonds. The van der Waals surface area contributed by atoms with Gasteiger partial charge in [-0.1, -0.05) is 6.07 Å². The summed E-state index contributed by atoms with van der Waals surface area (Å²) in [5, 5.41) is -0.0976. The maximum atomic E-state index is 14.5. The molecule has 0 aliphatic heterocycles. The number of benzene rings is 2. The molecule has 0 atom stereocenters. The van der Waals surface area contributed by atoms with Gasteiger partial charge in [0.15, 0.2) is 0 Å². The number of sulfonamides is 1. The Kier molecular flexibility index (Phi) is 6.54. The van der Waals surface area contributed by atoms with E-state index in [0.29, 0.717) is 12.3 Å². The van der Waals surface area contributed by atoms with Gasteiger partial charge in [-0.2, -0.15) is 0 Å². The number of fused-ring (bicyclic) bond motifs is 1. The zero-order valence-corrected chi connectivity index (χ0v) is 19.5. The third-order valence-electron chi connectivity index (χ3n) is 5.19. The van der Waals surface area contributed by atoms with Gasteiger partial charge in [-0.25, -0.2) is 21.9 Å². The lowest BCUT2D eigenvalue weighted by molar-refractivity contribution is -0.274. The third-order valence-corrected chi connectivity index (χ3v) is 5.75. The Hall–Kier alpha value is -4.20. The van der Waals surface area contributed by atoms with E-state index in [1.165, 1.54) is 18.3 Å². The van der Waals surface area contributed by atoms with E-state index < -0.39 is 57.5 Å². The molecule has 2 heterocycles. The maximum Gasteiger partial charge on any atom is 0.573 e. The van der Waals surface area contributed by atoms with Crippen molar-refractivity contribution in [2.45, 2.75) is 12.9 Å². The molecule has 0 bridgehead atoms. The van der Waals surface area contributed by atoms with E-state index in [1.54, 1.807) is 4.72 Å². The molecule has 0 fully saturated rings. The number of ether oxygens (including phenoxy) is 1. The van der Waals surface area contributed by atoms with Crippen LogP contribution in [0.4, 0.5) is 22.0 Å². The number of aromatic amines is 1. The smallest absolute Gasteiger partial charge is 0.406 e. The molecule has 0 radical (unpaired) electrons. The second kappa shape index (κ2) is 9.35. The summed E-state index contributed by atoms with van der Waals surface area (Å²) in [4.78, 5) is 28.3. The molecule has 14 heteroatoms. The maximum absolute atomic E-state index is 14.5. The van der Waals surface area contributed by atoms with E-state index in [9.17, 15) is 40.0 Å². The van der Waals surface area contributed by atoms with Crippen LogP contribution in [-0.2, 0) is 16.6 Å². The molecule has 2 aromatic heterocycles. The van der Waals surface area contributed by atoms with Crippen LogP contribution in [-0.4, -0.2) is 36.5 Å². The van der Waals surface area contributed by atoms with E-state index in [4.69, 9.17) is 0 Å². The van der Waals surface area contributed by atoms with Gasteiger partial charge >= 0.3 is 6.36 Å². The Morgan fingerprint density at radius 1 is 1.11 bits per heavy atom. The minimum Gasteiger partial charge on any atom is -0.406 e. The summed E-state index contributed by atoms with van der Waals surface area (Å²) < 4.78 is 97.3. The number of hydrogen-bond acceptors (Lipinski definition) is 5. The molecule has 0 saturated carbocycles. The number of H-pyrrole nitrogens is 1. The molecular formula is C23H16F5N3O5S. The molecule has 0 unspecified atom stereocenters. The summed E-state index contributed by atoms with van der Waals surface area (Å²) in [7, 11) is -4.15. The molecule has 0 spiro atoms. The van der Waals surface area contributed by atoms with Crippen LogP contribution in [0.15, 0.2) is 59.5 Å². The van der Waals surface area contributed by atoms with Crippen molar-refractivity contribution >= 4 is 26.8 Å². The highest BCUT2D eigenvalue weighted by atomic mass is 32.2. The van der Waals surface area contributed by atoms with E-state index in [-0.39, 0.29) is 27.6 Å². The Morgan fingerprint density at radius 2 is 1.84 bits per heavy atom. The first-order valence-corrected chi connectivity index (χ1v) is 12.2. The van der Waals surface area contributed by atoms with Crippen molar-refractivity contribution in [1.82, 2.24) is 14.3 Å². The van der Waals surface area contributed by atoms with Crippen LogP contribution >= 0.6 is 0 Å². The van der Waals surface area contributed by atoms with Gasteiger partial charge in [0.25, 0.3) is 11.5 Å². The largest absolute Gasteiger partial charge is 0.573 e. The monoisotopic (exact) mass is 541 g/mol. The molecular weight excluding hydrogens is 525 g/mol. The molecule has 2 N–H and O–H groups in total. The van der Waals surface area contributed by atoms with Gasteiger partial charge in [0, 0.05) is 39.9 Å². The van der Waals surface area contributed by atoms with Crippen molar-refractivity contribution in [1.29, 1.82) is 0 Å². The quantitative estimate of drug-likeness (QED) is 0.360. The Labute approximate surface area is 205 Å². The first kappa shape index (κ1) is 25.9. The van der Waals surface area contributed by atoms with Crippen LogP contribution in [0.25, 0.3) is 22.0 Å². The van der Waals surface area contributed by atoms with Crippen molar-refractivity contribution in [2.24, 2.45) is 0 Å². The highest BCUT2D eigenvalue weighted by molar-refractivity contribution is 7.89. The van der Waals surface area contributed by atoms with Crippen molar-refractivity contribution in [3.8, 4) is 16.9 Å². The minimum absolute atomic E-state index is 0.0372. The highest BCUT2D eigenvalue weighted by Crippen LogP contribution is 2.37. The van der Waals surface area contributed by atoms with Gasteiger partial charge in [-0.05, 0) is 36.4 Å². The summed E-state index contributed by atoms with van der Waals surface area (Å²) >= 11 is 0. The SMILES string of the molecule is CS(=O)(=O)NC(=O)c1c(-c2ccc[nH]c2=O)c2cc(OC(F)(F)F)ccc2n1Cc1ccc(F)cc1F. The predicted molar refractivity (Wildman–Crippen MR) is 122 cm³/mol. The second-order valence-corrected chi connectivity index (χ2v) is 9.64. The van der Waals surface area contributed by atoms with Crippen molar-refractivity contribution in [3.05, 3.63) is 88.0 Å². The minimum atomic E-state index is -5.06. The van der Waals surface area contributed by atoms with Crippen molar-refractivity contribution < 1.29 is 39.9 Å². The standard InChI is InChI=1S/C23H16F5N3O5S/c1-37(34,35)30-22(33)20-19(15-3-2-8-29-21(15)32)16-10-14(36-23(26,27)28)6-7-18(16)31(20)11-12-4-5-13(24)9-17(12)25/h2-10H,11H2,1H3,(H,29,32)(H,30,33). The number of alkyl halides is 3. The topological polar surface area (TPSA) is 110 Å². The third kappa shape index (κ3) is 5.63. The molecule has 0 aliphatic rings. The summed E-state index contributed by atoms with van der Waals surface area (Å²) in [5.41, 5.74) is -1.72. The van der Waals surface area contributed by atoms with Crippen LogP contribution < -0.4 is 15.0 Å². The fourth-order valence-corrected chi connectivity index (χ4v) is 4.29. The fraction of sp³-hybridized carbons (Fsp3) is 0.130. The first-order chi connectivity index (χ1) is 17.2. The normalized spacial score (nSPS) is 12.1. The Balaban J connectivity index is 2.09. The lowest BCUT2D eigenvalue weighted by Gasteiger charge is -2.13. The average molecular weight is 541 g/mol. The predicted octanol–water partition coefficient (Wildman–Crippen LogP) is 3.91. The molecule has 37 heavy (non-hydrogen) atoms. The lowest BCUT2D eigenvalue weighted by Crippen LogP contribution is -2.32. The van der Waals surface area contributed by atoms with Gasteiger partial charge in [0.2, 0.25) is 10.0 Å². The second-order valence-electron chi connectivity index (χ2n) is 7.89. The Bertz CT molecular complexity index is 1690. The number of carbonyl (C=O) groups excluding carboxylic acids is 1. The Morgan fingerprint density at radius 3 is 2.46 bits per heavy atom. The summed E-state index contributed by atoms with van der Waals surface area (Å²) in [5.74, 6) is -3.79. The zero-order valence-electron chi connectivity index (χ0n) is 18.7. The van der Waals surface area contributed by atoms with Crippen LogP contribution in [0.1, 0.15) is 16.1 Å². The molecule has 2 aromatic carbocycles. The number of carbonyl (C=O) groups is 1. The zero-order chi connectivity index (χ0) is 27.1. The van der Waals surface area contributed by atoms with Gasteiger partial charge in [-0.15, -0.1) is 13.2 Å². The van der Waals surface area contributed by atoms with Gasteiger partial charge in [0.05, 0.1) is 12.8 Å². The fourth-order valence-electron chi connectivity index (χ4n) is 3.86. The van der Waals surface area contributed by atoms with Crippen LogP contribution in [0.5, 0.6) is 5.75 Å². The van der Waals surface area contributed by atoms with E-state index in [0.717, 1.165) is 34.9 Å².